The van der Waals surface area contributed by atoms with Crippen LogP contribution in [0.5, 0.6) is 0 Å². The Balaban J connectivity index is 0.00000128. The number of hydrogen-bond donors (Lipinski definition) is 1. The lowest BCUT2D eigenvalue weighted by atomic mass is 9.83. The normalized spacial score (nSPS) is 25.3. The largest absolute Gasteiger partial charge is 0.381 e. The van der Waals surface area contributed by atoms with Crippen molar-refractivity contribution in [2.24, 2.45) is 0 Å². The van der Waals surface area contributed by atoms with Crippen LogP contribution in [0.4, 0.5) is 0 Å². The first-order valence-electron chi connectivity index (χ1n) is 10.7. The fraction of sp³-hybridized carbons (Fsp3) is 0.762. The Bertz CT molecular complexity index is 748. The fourth-order valence-electron chi connectivity index (χ4n) is 5.45. The first-order valence-corrected chi connectivity index (χ1v) is 11.5. The Hall–Kier alpha value is -0.410. The number of ether oxygens (including phenoxy) is 2. The second-order valence-electron chi connectivity index (χ2n) is 8.78. The Morgan fingerprint density at radius 1 is 1.10 bits per heavy atom. The molecule has 170 valence electrons. The molecule has 3 fully saturated rings. The first-order chi connectivity index (χ1) is 13.6. The highest BCUT2D eigenvalue weighted by molar-refractivity contribution is 7.14. The molecular formula is C21H33Cl2N3O3S. The predicted molar refractivity (Wildman–Crippen MR) is 124 cm³/mol. The summed E-state index contributed by atoms with van der Waals surface area (Å²) >= 11 is 1.71. The van der Waals surface area contributed by atoms with Crippen LogP contribution in [0.15, 0.2) is 6.07 Å². The summed E-state index contributed by atoms with van der Waals surface area (Å²) in [6.07, 6.45) is 4.97. The molecule has 5 rings (SSSR count). The number of thiophene rings is 1. The molecule has 0 radical (unpaired) electrons. The number of likely N-dealkylation sites (N-methyl/N-ethyl adjacent to an activating group) is 1. The van der Waals surface area contributed by atoms with E-state index >= 15 is 0 Å². The van der Waals surface area contributed by atoms with Crippen LogP contribution in [0.2, 0.25) is 0 Å². The Morgan fingerprint density at radius 2 is 1.83 bits per heavy atom. The van der Waals surface area contributed by atoms with Crippen LogP contribution in [0.3, 0.4) is 0 Å². The highest BCUT2D eigenvalue weighted by Crippen LogP contribution is 2.44. The van der Waals surface area contributed by atoms with Crippen molar-refractivity contribution in [3.8, 4) is 0 Å². The van der Waals surface area contributed by atoms with Gasteiger partial charge in [0.25, 0.3) is 5.91 Å². The number of carbonyl (C=O) groups excluding carboxylic acids is 1. The van der Waals surface area contributed by atoms with Gasteiger partial charge in [0.2, 0.25) is 0 Å². The van der Waals surface area contributed by atoms with Crippen molar-refractivity contribution < 1.29 is 14.3 Å². The number of fused-ring (bicyclic) bond motifs is 2. The molecule has 3 saturated heterocycles. The third-order valence-electron chi connectivity index (χ3n) is 7.34. The molecule has 2 spiro atoms. The number of carbonyl (C=O) groups is 1. The topological polar surface area (TPSA) is 54.0 Å². The number of nitrogens with one attached hydrogen (secondary N) is 1. The summed E-state index contributed by atoms with van der Waals surface area (Å²) < 4.78 is 11.9. The Morgan fingerprint density at radius 3 is 2.57 bits per heavy atom. The van der Waals surface area contributed by atoms with E-state index in [0.29, 0.717) is 0 Å². The van der Waals surface area contributed by atoms with Crippen LogP contribution in [-0.4, -0.2) is 80.8 Å². The van der Waals surface area contributed by atoms with Crippen LogP contribution >= 0.6 is 36.2 Å². The maximum absolute atomic E-state index is 13.5. The lowest BCUT2D eigenvalue weighted by Crippen LogP contribution is -2.63. The molecule has 0 aromatic carbocycles. The minimum absolute atomic E-state index is 0. The maximum Gasteiger partial charge on any atom is 0.264 e. The molecule has 0 saturated carbocycles. The number of halogens is 2. The zero-order valence-corrected chi connectivity index (χ0v) is 20.1. The molecule has 6 nitrogen and oxygen atoms in total. The number of piperazine rings is 1. The van der Waals surface area contributed by atoms with Gasteiger partial charge in [0.1, 0.15) is 0 Å². The van der Waals surface area contributed by atoms with Crippen LogP contribution in [0.1, 0.15) is 45.8 Å². The third kappa shape index (κ3) is 4.15. The molecule has 4 aliphatic rings. The fourth-order valence-corrected chi connectivity index (χ4v) is 6.65. The molecule has 1 N–H and O–H groups in total. The van der Waals surface area contributed by atoms with Gasteiger partial charge in [-0.1, -0.05) is 0 Å². The van der Waals surface area contributed by atoms with Crippen LogP contribution in [0.25, 0.3) is 0 Å². The molecule has 0 atom stereocenters. The average molecular weight is 478 g/mol. The Labute approximate surface area is 195 Å². The summed E-state index contributed by atoms with van der Waals surface area (Å²) in [6, 6.07) is 2.17. The van der Waals surface area contributed by atoms with Crippen molar-refractivity contribution in [1.29, 1.82) is 0 Å². The summed E-state index contributed by atoms with van der Waals surface area (Å²) in [6.45, 7) is 6.92. The summed E-state index contributed by atoms with van der Waals surface area (Å²) in [4.78, 5) is 20.3. The van der Waals surface area contributed by atoms with Crippen molar-refractivity contribution >= 4 is 42.1 Å². The second kappa shape index (κ2) is 9.61. The van der Waals surface area contributed by atoms with E-state index in [2.05, 4.69) is 28.2 Å². The quantitative estimate of drug-likeness (QED) is 0.673. The van der Waals surface area contributed by atoms with Crippen LogP contribution in [0, 0.1) is 0 Å². The van der Waals surface area contributed by atoms with Gasteiger partial charge < -0.3 is 19.7 Å². The molecule has 0 aliphatic carbocycles. The van der Waals surface area contributed by atoms with Crippen molar-refractivity contribution in [3.05, 3.63) is 21.4 Å². The minimum Gasteiger partial charge on any atom is -0.381 e. The number of nitrogens with zero attached hydrogens (tertiary/aromatic N) is 2. The van der Waals surface area contributed by atoms with Gasteiger partial charge in [0.05, 0.1) is 17.1 Å². The third-order valence-corrected chi connectivity index (χ3v) is 8.52. The molecule has 30 heavy (non-hydrogen) atoms. The van der Waals surface area contributed by atoms with Gasteiger partial charge in [0, 0.05) is 49.7 Å². The first kappa shape index (κ1) is 24.2. The SMILES string of the molecule is CN1CCN(C(=O)c2cc3c(s2)CCOC32CCNCC2)CC12CCOCC2.Cl.Cl. The smallest absolute Gasteiger partial charge is 0.264 e. The highest BCUT2D eigenvalue weighted by Gasteiger charge is 2.44. The molecule has 5 heterocycles. The average Bonchev–Trinajstić information content (AvgIpc) is 3.17. The molecule has 0 bridgehead atoms. The second-order valence-corrected chi connectivity index (χ2v) is 9.91. The lowest BCUT2D eigenvalue weighted by molar-refractivity contribution is -0.0792. The minimum atomic E-state index is -0.169. The Kier molecular flexibility index (Phi) is 7.76. The predicted octanol–water partition coefficient (Wildman–Crippen LogP) is 2.68. The lowest BCUT2D eigenvalue weighted by Gasteiger charge is -2.51. The van der Waals surface area contributed by atoms with E-state index in [1.807, 2.05) is 0 Å². The van der Waals surface area contributed by atoms with E-state index in [4.69, 9.17) is 9.47 Å². The molecule has 1 amide bonds. The van der Waals surface area contributed by atoms with Gasteiger partial charge in [-0.05, 0) is 57.5 Å². The van der Waals surface area contributed by atoms with Gasteiger partial charge in [-0.3, -0.25) is 9.69 Å². The number of piperidine rings is 1. The number of hydrogen-bond acceptors (Lipinski definition) is 6. The van der Waals surface area contributed by atoms with Gasteiger partial charge >= 0.3 is 0 Å². The molecule has 1 aromatic rings. The summed E-state index contributed by atoms with van der Waals surface area (Å²) in [5.41, 5.74) is 1.21. The summed E-state index contributed by atoms with van der Waals surface area (Å²) in [5.74, 6) is 0.211. The molecule has 1 aromatic heterocycles. The molecule has 0 unspecified atom stereocenters. The van der Waals surface area contributed by atoms with E-state index < -0.39 is 0 Å². The van der Waals surface area contributed by atoms with E-state index in [1.165, 1.54) is 10.4 Å². The van der Waals surface area contributed by atoms with Gasteiger partial charge in [-0.2, -0.15) is 0 Å². The molecule has 9 heteroatoms. The number of rotatable bonds is 1. The van der Waals surface area contributed by atoms with E-state index in [0.717, 1.165) is 89.5 Å². The van der Waals surface area contributed by atoms with Crippen molar-refractivity contribution in [2.75, 3.05) is 59.6 Å². The van der Waals surface area contributed by atoms with Crippen LogP contribution < -0.4 is 5.32 Å². The van der Waals surface area contributed by atoms with Gasteiger partial charge in [-0.15, -0.1) is 36.2 Å². The van der Waals surface area contributed by atoms with Crippen molar-refractivity contribution in [2.45, 2.75) is 43.2 Å². The zero-order chi connectivity index (χ0) is 19.2. The molecular weight excluding hydrogens is 445 g/mol. The number of amides is 1. The summed E-state index contributed by atoms with van der Waals surface area (Å²) in [7, 11) is 2.20. The molecule has 4 aliphatic heterocycles. The maximum atomic E-state index is 13.5. The van der Waals surface area contributed by atoms with Gasteiger partial charge in [-0.25, -0.2) is 0 Å². The van der Waals surface area contributed by atoms with E-state index in [9.17, 15) is 4.79 Å². The monoisotopic (exact) mass is 477 g/mol. The summed E-state index contributed by atoms with van der Waals surface area (Å²) in [5, 5.41) is 3.44. The van der Waals surface area contributed by atoms with Gasteiger partial charge in [0.15, 0.2) is 0 Å². The highest BCUT2D eigenvalue weighted by atomic mass is 35.5. The van der Waals surface area contributed by atoms with E-state index in [1.54, 1.807) is 11.3 Å². The van der Waals surface area contributed by atoms with Crippen molar-refractivity contribution in [3.63, 3.8) is 0 Å². The van der Waals surface area contributed by atoms with Crippen LogP contribution in [-0.2, 0) is 21.5 Å². The zero-order valence-electron chi connectivity index (χ0n) is 17.6. The van der Waals surface area contributed by atoms with Crippen molar-refractivity contribution in [1.82, 2.24) is 15.1 Å². The van der Waals surface area contributed by atoms with E-state index in [-0.39, 0.29) is 41.9 Å². The standard InChI is InChI=1S/C21H31N3O3S.2ClH/c1-23-9-10-24(15-20(23)5-12-26-13-6-20)19(25)18-14-16-17(28-18)2-11-27-21(16)3-7-22-8-4-21;;/h14,22H,2-13,15H2,1H3;2*1H.